The van der Waals surface area contributed by atoms with Gasteiger partial charge in [0.25, 0.3) is 0 Å². The van der Waals surface area contributed by atoms with Crippen LogP contribution in [0.2, 0.25) is 0 Å². The number of benzene rings is 1. The van der Waals surface area contributed by atoms with Gasteiger partial charge in [-0.2, -0.15) is 4.68 Å². The van der Waals surface area contributed by atoms with Crippen LogP contribution in [0.1, 0.15) is 23.8 Å². The van der Waals surface area contributed by atoms with E-state index in [4.69, 9.17) is 4.42 Å². The van der Waals surface area contributed by atoms with Gasteiger partial charge < -0.3 is 9.32 Å². The van der Waals surface area contributed by atoms with Gasteiger partial charge >= 0.3 is 5.76 Å². The summed E-state index contributed by atoms with van der Waals surface area (Å²) in [4.78, 5) is 27.7. The lowest BCUT2D eigenvalue weighted by molar-refractivity contribution is -0.133. The molecule has 0 unspecified atom stereocenters. The number of halogens is 1. The Hall–Kier alpha value is -2.74. The number of thiophene rings is 1. The SMILES string of the molecule is O=C(Cn1nc(-c2ccc(F)cc2)oc1=O)N1CCC[C@H]1c1cccs1. The Kier molecular flexibility index (Phi) is 4.42. The molecule has 2 aromatic heterocycles. The second-order valence-corrected chi connectivity index (χ2v) is 7.08. The van der Waals surface area contributed by atoms with Gasteiger partial charge in [0.2, 0.25) is 11.8 Å². The second kappa shape index (κ2) is 6.87. The van der Waals surface area contributed by atoms with Crippen molar-refractivity contribution in [3.05, 3.63) is 63.0 Å². The van der Waals surface area contributed by atoms with E-state index in [0.717, 1.165) is 22.4 Å². The predicted octanol–water partition coefficient (Wildman–Crippen LogP) is 3.07. The van der Waals surface area contributed by atoms with Crippen LogP contribution in [0.3, 0.4) is 0 Å². The molecular weight excluding hydrogens is 357 g/mol. The number of carbonyl (C=O) groups is 1. The van der Waals surface area contributed by atoms with Gasteiger partial charge in [-0.15, -0.1) is 16.4 Å². The van der Waals surface area contributed by atoms with Gasteiger partial charge in [-0.05, 0) is 48.6 Å². The van der Waals surface area contributed by atoms with Crippen LogP contribution in [0.5, 0.6) is 0 Å². The molecule has 0 aliphatic carbocycles. The first-order chi connectivity index (χ1) is 12.6. The van der Waals surface area contributed by atoms with Crippen molar-refractivity contribution in [2.45, 2.75) is 25.4 Å². The largest absolute Gasteiger partial charge is 0.437 e. The first kappa shape index (κ1) is 16.7. The molecule has 0 radical (unpaired) electrons. The van der Waals surface area contributed by atoms with E-state index in [9.17, 15) is 14.0 Å². The summed E-state index contributed by atoms with van der Waals surface area (Å²) in [6.07, 6.45) is 1.85. The van der Waals surface area contributed by atoms with Crippen molar-refractivity contribution < 1.29 is 13.6 Å². The van der Waals surface area contributed by atoms with Crippen molar-refractivity contribution in [2.75, 3.05) is 6.54 Å². The standard InChI is InChI=1S/C18H16FN3O3S/c19-13-7-5-12(6-8-13)17-20-22(18(24)25-17)11-16(23)21-9-1-3-14(21)15-4-2-10-26-15/h2,4-8,10,14H,1,3,9,11H2/t14-/m0/s1. The molecule has 0 N–H and O–H groups in total. The molecule has 0 bridgehead atoms. The van der Waals surface area contributed by atoms with Gasteiger partial charge in [0.05, 0.1) is 6.04 Å². The molecule has 1 fully saturated rings. The smallest absolute Gasteiger partial charge is 0.388 e. The third-order valence-corrected chi connectivity index (χ3v) is 5.40. The topological polar surface area (TPSA) is 68.3 Å². The number of amides is 1. The number of hydrogen-bond donors (Lipinski definition) is 0. The molecule has 3 aromatic rings. The highest BCUT2D eigenvalue weighted by atomic mass is 32.1. The molecule has 1 amide bonds. The Morgan fingerprint density at radius 3 is 2.85 bits per heavy atom. The first-order valence-corrected chi connectivity index (χ1v) is 9.16. The van der Waals surface area contributed by atoms with Crippen LogP contribution in [0.25, 0.3) is 11.5 Å². The van der Waals surface area contributed by atoms with E-state index < -0.39 is 5.76 Å². The van der Waals surface area contributed by atoms with Crippen LogP contribution < -0.4 is 5.76 Å². The fourth-order valence-electron chi connectivity index (χ4n) is 3.18. The summed E-state index contributed by atoms with van der Waals surface area (Å²) in [6.45, 7) is 0.490. The molecule has 4 rings (SSSR count). The molecule has 1 aliphatic heterocycles. The van der Waals surface area contributed by atoms with E-state index in [1.165, 1.54) is 24.3 Å². The first-order valence-electron chi connectivity index (χ1n) is 8.28. The maximum atomic E-state index is 13.0. The van der Waals surface area contributed by atoms with Crippen LogP contribution in [-0.2, 0) is 11.3 Å². The maximum Gasteiger partial charge on any atom is 0.437 e. The van der Waals surface area contributed by atoms with Gasteiger partial charge in [-0.25, -0.2) is 9.18 Å². The van der Waals surface area contributed by atoms with Gasteiger partial charge in [0, 0.05) is 17.0 Å². The lowest BCUT2D eigenvalue weighted by atomic mass is 10.2. The predicted molar refractivity (Wildman–Crippen MR) is 94.2 cm³/mol. The van der Waals surface area contributed by atoms with Crippen molar-refractivity contribution in [1.82, 2.24) is 14.7 Å². The summed E-state index contributed by atoms with van der Waals surface area (Å²) < 4.78 is 19.1. The lowest BCUT2D eigenvalue weighted by Gasteiger charge is -2.23. The van der Waals surface area contributed by atoms with Crippen molar-refractivity contribution in [3.8, 4) is 11.5 Å². The Labute approximate surface area is 152 Å². The van der Waals surface area contributed by atoms with E-state index >= 15 is 0 Å². The van der Waals surface area contributed by atoms with Crippen molar-refractivity contribution in [3.63, 3.8) is 0 Å². The van der Waals surface area contributed by atoms with Crippen LogP contribution in [-0.4, -0.2) is 27.1 Å². The van der Waals surface area contributed by atoms with E-state index in [2.05, 4.69) is 5.10 Å². The molecular formula is C18H16FN3O3S. The molecule has 1 aromatic carbocycles. The van der Waals surface area contributed by atoms with Crippen molar-refractivity contribution >= 4 is 17.2 Å². The van der Waals surface area contributed by atoms with Crippen LogP contribution in [0, 0.1) is 5.82 Å². The Bertz CT molecular complexity index is 962. The van der Waals surface area contributed by atoms with Gasteiger partial charge in [-0.1, -0.05) is 6.07 Å². The van der Waals surface area contributed by atoms with Gasteiger partial charge in [0.1, 0.15) is 12.4 Å². The molecule has 1 atom stereocenters. The highest BCUT2D eigenvalue weighted by molar-refractivity contribution is 7.10. The zero-order valence-corrected chi connectivity index (χ0v) is 14.6. The quantitative estimate of drug-likeness (QED) is 0.705. The second-order valence-electron chi connectivity index (χ2n) is 6.10. The van der Waals surface area contributed by atoms with E-state index in [0.29, 0.717) is 12.1 Å². The summed E-state index contributed by atoms with van der Waals surface area (Å²) in [5.74, 6) is -1.19. The average Bonchev–Trinajstić information content (AvgIpc) is 3.36. The van der Waals surface area contributed by atoms with E-state index in [1.54, 1.807) is 16.2 Å². The van der Waals surface area contributed by atoms with Crippen LogP contribution in [0.15, 0.2) is 51.0 Å². The number of likely N-dealkylation sites (tertiary alicyclic amines) is 1. The van der Waals surface area contributed by atoms with Crippen molar-refractivity contribution in [2.24, 2.45) is 0 Å². The minimum Gasteiger partial charge on any atom is -0.388 e. The minimum atomic E-state index is -0.704. The fourth-order valence-corrected chi connectivity index (χ4v) is 4.05. The lowest BCUT2D eigenvalue weighted by Crippen LogP contribution is -2.35. The number of carbonyl (C=O) groups excluding carboxylic acids is 1. The Morgan fingerprint density at radius 2 is 2.12 bits per heavy atom. The average molecular weight is 373 g/mol. The third-order valence-electron chi connectivity index (χ3n) is 4.43. The third kappa shape index (κ3) is 3.20. The fraction of sp³-hybridized carbons (Fsp3) is 0.278. The van der Waals surface area contributed by atoms with E-state index in [1.807, 2.05) is 17.5 Å². The number of rotatable bonds is 4. The highest BCUT2D eigenvalue weighted by Gasteiger charge is 2.31. The zero-order chi connectivity index (χ0) is 18.1. The molecule has 8 heteroatoms. The molecule has 1 aliphatic rings. The van der Waals surface area contributed by atoms with Crippen LogP contribution in [0.4, 0.5) is 4.39 Å². The Morgan fingerprint density at radius 1 is 1.31 bits per heavy atom. The number of hydrogen-bond acceptors (Lipinski definition) is 5. The van der Waals surface area contributed by atoms with E-state index in [-0.39, 0.29) is 30.2 Å². The van der Waals surface area contributed by atoms with Crippen LogP contribution >= 0.6 is 11.3 Å². The summed E-state index contributed by atoms with van der Waals surface area (Å²) in [7, 11) is 0. The summed E-state index contributed by atoms with van der Waals surface area (Å²) in [5.41, 5.74) is 0.479. The summed E-state index contributed by atoms with van der Waals surface area (Å²) in [5, 5.41) is 6.07. The molecule has 1 saturated heterocycles. The van der Waals surface area contributed by atoms with Gasteiger partial charge in [0.15, 0.2) is 0 Å². The summed E-state index contributed by atoms with van der Waals surface area (Å²) >= 11 is 1.63. The highest BCUT2D eigenvalue weighted by Crippen LogP contribution is 2.34. The van der Waals surface area contributed by atoms with Crippen molar-refractivity contribution in [1.29, 1.82) is 0 Å². The number of nitrogens with zero attached hydrogens (tertiary/aromatic N) is 3. The summed E-state index contributed by atoms with van der Waals surface area (Å²) in [6, 6.07) is 9.51. The maximum absolute atomic E-state index is 13.0. The Balaban J connectivity index is 1.53. The molecule has 26 heavy (non-hydrogen) atoms. The molecule has 0 saturated carbocycles. The zero-order valence-electron chi connectivity index (χ0n) is 13.8. The monoisotopic (exact) mass is 373 g/mol. The number of aromatic nitrogens is 2. The minimum absolute atomic E-state index is 0.0571. The molecule has 3 heterocycles. The van der Waals surface area contributed by atoms with Gasteiger partial charge in [-0.3, -0.25) is 4.79 Å². The normalized spacial score (nSPS) is 17.0. The molecule has 134 valence electrons. The molecule has 0 spiro atoms. The molecule has 6 nitrogen and oxygen atoms in total.